The zero-order valence-electron chi connectivity index (χ0n) is 10.0. The molecular formula is C12H24N2O. The van der Waals surface area contributed by atoms with E-state index in [1.807, 2.05) is 0 Å². The van der Waals surface area contributed by atoms with Crippen molar-refractivity contribution >= 4 is 5.91 Å². The molecule has 2 unspecified atom stereocenters. The molecule has 0 aromatic rings. The maximum absolute atomic E-state index is 11.0. The molecule has 1 saturated carbocycles. The topological polar surface area (TPSA) is 41.1 Å². The molecule has 1 rings (SSSR count). The lowest BCUT2D eigenvalue weighted by molar-refractivity contribution is -0.120. The van der Waals surface area contributed by atoms with Crippen molar-refractivity contribution in [3.8, 4) is 0 Å². The molecule has 3 nitrogen and oxygen atoms in total. The molecular weight excluding hydrogens is 188 g/mol. The van der Waals surface area contributed by atoms with Crippen molar-refractivity contribution in [1.29, 1.82) is 0 Å². The zero-order chi connectivity index (χ0) is 11.1. The summed E-state index contributed by atoms with van der Waals surface area (Å²) in [4.78, 5) is 11.0. The van der Waals surface area contributed by atoms with E-state index in [1.165, 1.54) is 25.7 Å². The highest BCUT2D eigenvalue weighted by atomic mass is 16.1. The van der Waals surface area contributed by atoms with Crippen LogP contribution in [-0.2, 0) is 4.79 Å². The first-order valence-electron chi connectivity index (χ1n) is 6.15. The Kier molecular flexibility index (Phi) is 5.69. The molecule has 1 fully saturated rings. The molecule has 2 N–H and O–H groups in total. The van der Waals surface area contributed by atoms with Gasteiger partial charge in [0.2, 0.25) is 5.91 Å². The lowest BCUT2D eigenvalue weighted by atomic mass is 9.80. The molecule has 0 heterocycles. The van der Waals surface area contributed by atoms with E-state index >= 15 is 0 Å². The summed E-state index contributed by atoms with van der Waals surface area (Å²) in [7, 11) is 1.69. The van der Waals surface area contributed by atoms with Gasteiger partial charge in [0.1, 0.15) is 0 Å². The quantitative estimate of drug-likeness (QED) is 0.679. The van der Waals surface area contributed by atoms with Crippen molar-refractivity contribution < 1.29 is 4.79 Å². The minimum Gasteiger partial charge on any atom is -0.359 e. The van der Waals surface area contributed by atoms with Crippen LogP contribution < -0.4 is 10.6 Å². The summed E-state index contributed by atoms with van der Waals surface area (Å²) >= 11 is 0. The SMILES string of the molecule is CNC(=O)CCNCC1CCCCC1C. The van der Waals surface area contributed by atoms with Crippen molar-refractivity contribution in [1.82, 2.24) is 10.6 Å². The number of rotatable bonds is 5. The first-order chi connectivity index (χ1) is 7.24. The van der Waals surface area contributed by atoms with Crippen LogP contribution in [0.15, 0.2) is 0 Å². The van der Waals surface area contributed by atoms with Crippen LogP contribution in [0.5, 0.6) is 0 Å². The molecule has 1 aliphatic rings. The van der Waals surface area contributed by atoms with E-state index in [-0.39, 0.29) is 5.91 Å². The Labute approximate surface area is 93.0 Å². The Bertz CT molecular complexity index is 194. The van der Waals surface area contributed by atoms with E-state index in [0.717, 1.165) is 24.9 Å². The molecule has 0 spiro atoms. The van der Waals surface area contributed by atoms with Gasteiger partial charge in [-0.25, -0.2) is 0 Å². The molecule has 3 heteroatoms. The van der Waals surface area contributed by atoms with Crippen molar-refractivity contribution in [2.75, 3.05) is 20.1 Å². The van der Waals surface area contributed by atoms with Crippen molar-refractivity contribution in [2.45, 2.75) is 39.0 Å². The third-order valence-electron chi connectivity index (χ3n) is 3.50. The zero-order valence-corrected chi connectivity index (χ0v) is 10.0. The fourth-order valence-electron chi connectivity index (χ4n) is 2.31. The number of carbonyl (C=O) groups is 1. The van der Waals surface area contributed by atoms with Gasteiger partial charge in [0.05, 0.1) is 0 Å². The Morgan fingerprint density at radius 3 is 2.73 bits per heavy atom. The van der Waals surface area contributed by atoms with Gasteiger partial charge in [0, 0.05) is 20.0 Å². The van der Waals surface area contributed by atoms with Gasteiger partial charge < -0.3 is 10.6 Å². The molecule has 88 valence electrons. The van der Waals surface area contributed by atoms with E-state index in [2.05, 4.69) is 17.6 Å². The highest BCUT2D eigenvalue weighted by molar-refractivity contribution is 5.75. The van der Waals surface area contributed by atoms with E-state index < -0.39 is 0 Å². The van der Waals surface area contributed by atoms with Gasteiger partial charge >= 0.3 is 0 Å². The Morgan fingerprint density at radius 1 is 1.33 bits per heavy atom. The second kappa shape index (κ2) is 6.83. The van der Waals surface area contributed by atoms with Crippen LogP contribution in [-0.4, -0.2) is 26.0 Å². The molecule has 0 aromatic heterocycles. The average Bonchev–Trinajstić information content (AvgIpc) is 2.26. The van der Waals surface area contributed by atoms with Crippen molar-refractivity contribution in [3.05, 3.63) is 0 Å². The van der Waals surface area contributed by atoms with Gasteiger partial charge in [-0.3, -0.25) is 4.79 Å². The lowest BCUT2D eigenvalue weighted by Gasteiger charge is -2.28. The van der Waals surface area contributed by atoms with Crippen LogP contribution in [0.3, 0.4) is 0 Å². The van der Waals surface area contributed by atoms with Crippen LogP contribution in [0.4, 0.5) is 0 Å². The van der Waals surface area contributed by atoms with E-state index in [4.69, 9.17) is 0 Å². The molecule has 1 amide bonds. The van der Waals surface area contributed by atoms with Crippen molar-refractivity contribution in [2.24, 2.45) is 11.8 Å². The van der Waals surface area contributed by atoms with Crippen LogP contribution in [0.25, 0.3) is 0 Å². The number of carbonyl (C=O) groups excluding carboxylic acids is 1. The summed E-state index contributed by atoms with van der Waals surface area (Å²) < 4.78 is 0. The van der Waals surface area contributed by atoms with Gasteiger partial charge in [0.25, 0.3) is 0 Å². The minimum absolute atomic E-state index is 0.124. The maximum atomic E-state index is 11.0. The monoisotopic (exact) mass is 212 g/mol. The standard InChI is InChI=1S/C12H24N2O/c1-10-5-3-4-6-11(10)9-14-8-7-12(15)13-2/h10-11,14H,3-9H2,1-2H3,(H,13,15). The Morgan fingerprint density at radius 2 is 2.07 bits per heavy atom. The first kappa shape index (κ1) is 12.5. The predicted molar refractivity (Wildman–Crippen MR) is 62.7 cm³/mol. The second-order valence-electron chi connectivity index (χ2n) is 4.65. The van der Waals surface area contributed by atoms with E-state index in [0.29, 0.717) is 6.42 Å². The van der Waals surface area contributed by atoms with E-state index in [9.17, 15) is 4.79 Å². The van der Waals surface area contributed by atoms with Crippen LogP contribution in [0.1, 0.15) is 39.0 Å². The third-order valence-corrected chi connectivity index (χ3v) is 3.50. The third kappa shape index (κ3) is 4.65. The molecule has 0 radical (unpaired) electrons. The summed E-state index contributed by atoms with van der Waals surface area (Å²) in [5, 5.41) is 6.02. The summed E-state index contributed by atoms with van der Waals surface area (Å²) in [6, 6.07) is 0. The van der Waals surface area contributed by atoms with Crippen LogP contribution in [0.2, 0.25) is 0 Å². The average molecular weight is 212 g/mol. The van der Waals surface area contributed by atoms with Gasteiger partial charge in [-0.2, -0.15) is 0 Å². The fraction of sp³-hybridized carbons (Fsp3) is 0.917. The second-order valence-corrected chi connectivity index (χ2v) is 4.65. The summed E-state index contributed by atoms with van der Waals surface area (Å²) in [5.41, 5.74) is 0. The number of hydrogen-bond donors (Lipinski definition) is 2. The van der Waals surface area contributed by atoms with Gasteiger partial charge in [0.15, 0.2) is 0 Å². The highest BCUT2D eigenvalue weighted by Gasteiger charge is 2.20. The lowest BCUT2D eigenvalue weighted by Crippen LogP contribution is -2.32. The smallest absolute Gasteiger partial charge is 0.221 e. The molecule has 15 heavy (non-hydrogen) atoms. The van der Waals surface area contributed by atoms with E-state index in [1.54, 1.807) is 7.05 Å². The largest absolute Gasteiger partial charge is 0.359 e. The molecule has 0 aliphatic heterocycles. The fourth-order valence-corrected chi connectivity index (χ4v) is 2.31. The first-order valence-corrected chi connectivity index (χ1v) is 6.15. The molecule has 0 bridgehead atoms. The van der Waals surface area contributed by atoms with Gasteiger partial charge in [-0.1, -0.05) is 26.2 Å². The molecule has 0 aromatic carbocycles. The number of nitrogens with one attached hydrogen (secondary N) is 2. The Balaban J connectivity index is 2.06. The van der Waals surface area contributed by atoms with Crippen LogP contribution in [0, 0.1) is 11.8 Å². The van der Waals surface area contributed by atoms with Crippen LogP contribution >= 0.6 is 0 Å². The minimum atomic E-state index is 0.124. The predicted octanol–water partition coefficient (Wildman–Crippen LogP) is 1.54. The summed E-state index contributed by atoms with van der Waals surface area (Å²) in [5.74, 6) is 1.80. The van der Waals surface area contributed by atoms with Gasteiger partial charge in [-0.05, 0) is 24.8 Å². The normalized spacial score (nSPS) is 26.3. The number of hydrogen-bond acceptors (Lipinski definition) is 2. The highest BCUT2D eigenvalue weighted by Crippen LogP contribution is 2.28. The van der Waals surface area contributed by atoms with Crippen molar-refractivity contribution in [3.63, 3.8) is 0 Å². The summed E-state index contributed by atoms with van der Waals surface area (Å²) in [6.07, 6.45) is 6.11. The molecule has 0 saturated heterocycles. The molecule has 2 atom stereocenters. The molecule has 1 aliphatic carbocycles. The maximum Gasteiger partial charge on any atom is 0.221 e. The Hall–Kier alpha value is -0.570. The summed E-state index contributed by atoms with van der Waals surface area (Å²) in [6.45, 7) is 4.24. The number of amides is 1. The van der Waals surface area contributed by atoms with Gasteiger partial charge in [-0.15, -0.1) is 0 Å².